The van der Waals surface area contributed by atoms with Gasteiger partial charge in [0.1, 0.15) is 18.0 Å². The van der Waals surface area contributed by atoms with Crippen LogP contribution in [0.2, 0.25) is 0 Å². The second-order valence-corrected chi connectivity index (χ2v) is 4.77. The Hall–Kier alpha value is -1.18. The van der Waals surface area contributed by atoms with E-state index in [-0.39, 0.29) is 19.0 Å². The van der Waals surface area contributed by atoms with Crippen molar-refractivity contribution in [3.05, 3.63) is 29.3 Å². The molecule has 112 valence electrons. The Kier molecular flexibility index (Phi) is 5.75. The van der Waals surface area contributed by atoms with Crippen LogP contribution in [0, 0.1) is 0 Å². The second-order valence-electron chi connectivity index (χ2n) is 4.77. The highest BCUT2D eigenvalue weighted by molar-refractivity contribution is 5.32. The lowest BCUT2D eigenvalue weighted by Crippen LogP contribution is -2.06. The zero-order valence-corrected chi connectivity index (χ0v) is 11.2. The summed E-state index contributed by atoms with van der Waals surface area (Å²) in [6, 6.07) is 4.55. The zero-order valence-electron chi connectivity index (χ0n) is 11.2. The fraction of sp³-hybridized carbons (Fsp3) is 0.571. The van der Waals surface area contributed by atoms with Gasteiger partial charge in [0, 0.05) is 0 Å². The van der Waals surface area contributed by atoms with Crippen LogP contribution < -0.4 is 0 Å². The number of ether oxygens (including phenoxy) is 3. The molecule has 2 aliphatic heterocycles. The lowest BCUT2D eigenvalue weighted by molar-refractivity contribution is 0.102. The molecule has 0 amide bonds. The Balaban J connectivity index is 0.000000149. The van der Waals surface area contributed by atoms with Gasteiger partial charge < -0.3 is 29.5 Å². The topological polar surface area (TPSA) is 95.0 Å². The summed E-state index contributed by atoms with van der Waals surface area (Å²) in [5, 5.41) is 26.4. The number of aromatic hydroxyl groups is 1. The van der Waals surface area contributed by atoms with Crippen LogP contribution in [0.5, 0.6) is 5.75 Å². The maximum absolute atomic E-state index is 9.03. The number of benzene rings is 1. The second kappa shape index (κ2) is 7.56. The van der Waals surface area contributed by atoms with E-state index in [2.05, 4.69) is 0 Å². The smallest absolute Gasteiger partial charge is 0.116 e. The molecule has 6 heteroatoms. The van der Waals surface area contributed by atoms with Crippen molar-refractivity contribution in [1.82, 2.24) is 0 Å². The molecule has 0 radical (unpaired) electrons. The lowest BCUT2D eigenvalue weighted by atomic mass is 10.1. The average Bonchev–Trinajstić information content (AvgIpc) is 3.33. The van der Waals surface area contributed by atoms with Crippen molar-refractivity contribution in [2.75, 3.05) is 26.4 Å². The van der Waals surface area contributed by atoms with E-state index >= 15 is 0 Å². The van der Waals surface area contributed by atoms with Gasteiger partial charge in [-0.15, -0.1) is 0 Å². The van der Waals surface area contributed by atoms with Gasteiger partial charge in [0.25, 0.3) is 0 Å². The quantitative estimate of drug-likeness (QED) is 0.645. The third-order valence-electron chi connectivity index (χ3n) is 2.81. The van der Waals surface area contributed by atoms with E-state index in [0.29, 0.717) is 23.3 Å². The molecule has 2 heterocycles. The van der Waals surface area contributed by atoms with Gasteiger partial charge in [-0.2, -0.15) is 0 Å². The van der Waals surface area contributed by atoms with Crippen LogP contribution in [0.25, 0.3) is 0 Å². The van der Waals surface area contributed by atoms with Gasteiger partial charge in [-0.3, -0.25) is 0 Å². The number of aliphatic hydroxyl groups excluding tert-OH is 2. The molecule has 6 nitrogen and oxygen atoms in total. The van der Waals surface area contributed by atoms with Gasteiger partial charge in [0.05, 0.1) is 39.6 Å². The van der Waals surface area contributed by atoms with Crippen LogP contribution in [-0.2, 0) is 27.4 Å². The van der Waals surface area contributed by atoms with Crippen molar-refractivity contribution in [2.24, 2.45) is 0 Å². The highest BCUT2D eigenvalue weighted by Crippen LogP contribution is 2.15. The Morgan fingerprint density at radius 2 is 1.40 bits per heavy atom. The minimum Gasteiger partial charge on any atom is -0.508 e. The van der Waals surface area contributed by atoms with Crippen LogP contribution in [0.4, 0.5) is 0 Å². The van der Waals surface area contributed by atoms with Crippen molar-refractivity contribution in [1.29, 1.82) is 0 Å². The summed E-state index contributed by atoms with van der Waals surface area (Å²) < 4.78 is 15.1. The van der Waals surface area contributed by atoms with E-state index in [1.807, 2.05) is 0 Å². The zero-order chi connectivity index (χ0) is 14.4. The minimum absolute atomic E-state index is 0.0700. The average molecular weight is 284 g/mol. The third kappa shape index (κ3) is 5.85. The first-order valence-corrected chi connectivity index (χ1v) is 6.55. The molecule has 1 aromatic rings. The van der Waals surface area contributed by atoms with Gasteiger partial charge in [-0.05, 0) is 23.3 Å². The monoisotopic (exact) mass is 284 g/mol. The number of rotatable bonds is 6. The fourth-order valence-electron chi connectivity index (χ4n) is 1.59. The summed E-state index contributed by atoms with van der Waals surface area (Å²) in [6.07, 6.45) is 0.785. The first-order chi connectivity index (χ1) is 9.71. The highest BCUT2D eigenvalue weighted by atomic mass is 16.6. The van der Waals surface area contributed by atoms with Gasteiger partial charge in [-0.1, -0.05) is 6.07 Å². The van der Waals surface area contributed by atoms with E-state index < -0.39 is 0 Å². The first kappa shape index (κ1) is 15.2. The molecule has 0 aromatic heterocycles. The van der Waals surface area contributed by atoms with Crippen molar-refractivity contribution >= 4 is 0 Å². The standard InChI is InChI=1S/C8H10O3.C6H10O3/c9-4-6-1-7(5-10)3-8(11)2-6;1(5-3-8-5)7-2-6-4-9-6/h1-3,9-11H,4-5H2;5-6H,1-4H2. The number of hydrogen-bond donors (Lipinski definition) is 3. The Bertz CT molecular complexity index is 380. The maximum atomic E-state index is 9.03. The summed E-state index contributed by atoms with van der Waals surface area (Å²) in [6.45, 7) is 3.01. The number of phenols is 1. The van der Waals surface area contributed by atoms with Crippen molar-refractivity contribution in [2.45, 2.75) is 25.4 Å². The molecule has 0 spiro atoms. The van der Waals surface area contributed by atoms with Gasteiger partial charge in [0.2, 0.25) is 0 Å². The molecule has 2 aliphatic rings. The molecule has 0 aliphatic carbocycles. The van der Waals surface area contributed by atoms with Gasteiger partial charge in [-0.25, -0.2) is 0 Å². The van der Waals surface area contributed by atoms with E-state index in [1.54, 1.807) is 6.07 Å². The maximum Gasteiger partial charge on any atom is 0.116 e. The number of phenolic OH excluding ortho intramolecular Hbond substituents is 1. The predicted molar refractivity (Wildman–Crippen MR) is 70.3 cm³/mol. The van der Waals surface area contributed by atoms with E-state index in [1.165, 1.54) is 12.1 Å². The van der Waals surface area contributed by atoms with Crippen LogP contribution in [0.1, 0.15) is 11.1 Å². The van der Waals surface area contributed by atoms with E-state index in [4.69, 9.17) is 29.5 Å². The molecule has 0 saturated carbocycles. The molecular weight excluding hydrogens is 264 g/mol. The van der Waals surface area contributed by atoms with Crippen molar-refractivity contribution < 1.29 is 29.5 Å². The number of epoxide rings is 2. The molecule has 2 saturated heterocycles. The summed E-state index contributed by atoms with van der Waals surface area (Å²) in [5.41, 5.74) is 1.21. The number of hydrogen-bond acceptors (Lipinski definition) is 6. The third-order valence-corrected chi connectivity index (χ3v) is 2.81. The van der Waals surface area contributed by atoms with Crippen LogP contribution in [-0.4, -0.2) is 54.0 Å². The molecule has 2 unspecified atom stereocenters. The molecule has 20 heavy (non-hydrogen) atoms. The molecule has 3 N–H and O–H groups in total. The van der Waals surface area contributed by atoms with E-state index in [9.17, 15) is 0 Å². The minimum atomic E-state index is -0.124. The molecular formula is C14H20O6. The van der Waals surface area contributed by atoms with Crippen LogP contribution in [0.3, 0.4) is 0 Å². The Morgan fingerprint density at radius 3 is 1.75 bits per heavy atom. The van der Waals surface area contributed by atoms with Crippen LogP contribution in [0.15, 0.2) is 18.2 Å². The van der Waals surface area contributed by atoms with Crippen molar-refractivity contribution in [3.63, 3.8) is 0 Å². The molecule has 2 atom stereocenters. The largest absolute Gasteiger partial charge is 0.508 e. The van der Waals surface area contributed by atoms with Gasteiger partial charge >= 0.3 is 0 Å². The fourth-order valence-corrected chi connectivity index (χ4v) is 1.59. The summed E-state index contributed by atoms with van der Waals surface area (Å²) in [5.74, 6) is 0.0700. The normalized spacial score (nSPS) is 22.9. The summed E-state index contributed by atoms with van der Waals surface area (Å²) in [4.78, 5) is 0. The lowest BCUT2D eigenvalue weighted by Gasteiger charge is -2.01. The first-order valence-electron chi connectivity index (χ1n) is 6.55. The molecule has 0 bridgehead atoms. The number of aliphatic hydroxyl groups is 2. The van der Waals surface area contributed by atoms with E-state index in [0.717, 1.165) is 26.4 Å². The Morgan fingerprint density at radius 1 is 0.950 bits per heavy atom. The molecule has 2 fully saturated rings. The summed E-state index contributed by atoms with van der Waals surface area (Å²) in [7, 11) is 0. The predicted octanol–water partition coefficient (Wildman–Crippen LogP) is 0.177. The van der Waals surface area contributed by atoms with Crippen LogP contribution >= 0.6 is 0 Å². The van der Waals surface area contributed by atoms with Gasteiger partial charge in [0.15, 0.2) is 0 Å². The summed E-state index contributed by atoms with van der Waals surface area (Å²) >= 11 is 0. The SMILES string of the molecule is C(OCC1CO1)C1CO1.OCc1cc(O)cc(CO)c1. The Labute approximate surface area is 117 Å². The highest BCUT2D eigenvalue weighted by Gasteiger charge is 2.26. The molecule has 1 aromatic carbocycles. The molecule has 3 rings (SSSR count). The van der Waals surface area contributed by atoms with Crippen molar-refractivity contribution in [3.8, 4) is 5.75 Å².